The van der Waals surface area contributed by atoms with Gasteiger partial charge in [0.2, 0.25) is 0 Å². The predicted octanol–water partition coefficient (Wildman–Crippen LogP) is 16.7. The van der Waals surface area contributed by atoms with E-state index in [4.69, 9.17) is 30.6 Å². The van der Waals surface area contributed by atoms with Crippen molar-refractivity contribution in [3.63, 3.8) is 0 Å². The molecule has 0 aliphatic rings. The van der Waals surface area contributed by atoms with Crippen LogP contribution in [0.15, 0.2) is 36.5 Å². The molecule has 0 aromatic heterocycles. The normalized spacial score (nSPS) is 11.5. The van der Waals surface area contributed by atoms with E-state index in [9.17, 15) is 19.2 Å². The Kier molecular flexibility index (Phi) is 68.6. The summed E-state index contributed by atoms with van der Waals surface area (Å²) in [7, 11) is 0. The average molecular weight is 953 g/mol. The smallest absolute Gasteiger partial charge is 0.334 e. The van der Waals surface area contributed by atoms with Gasteiger partial charge in [-0.1, -0.05) is 211 Å². The van der Waals surface area contributed by atoms with E-state index in [0.29, 0.717) is 19.3 Å². The zero-order valence-corrected chi connectivity index (χ0v) is 43.8. The molecule has 6 N–H and O–H groups in total. The molecule has 0 fully saturated rings. The van der Waals surface area contributed by atoms with E-state index in [2.05, 4.69) is 57.2 Å². The van der Waals surface area contributed by atoms with Crippen molar-refractivity contribution in [2.45, 2.75) is 297 Å². The van der Waals surface area contributed by atoms with E-state index in [1.807, 2.05) is 0 Å². The van der Waals surface area contributed by atoms with Crippen molar-refractivity contribution in [3.05, 3.63) is 36.5 Å². The number of hydrogen-bond donors (Lipinski definition) is 6. The highest BCUT2D eigenvalue weighted by Crippen LogP contribution is 2.13. The van der Waals surface area contributed by atoms with Gasteiger partial charge in [0.15, 0.2) is 6.10 Å². The van der Waals surface area contributed by atoms with E-state index in [1.165, 1.54) is 212 Å². The Hall–Kier alpha value is -2.98. The van der Waals surface area contributed by atoms with Gasteiger partial charge in [-0.05, 0) is 96.3 Å². The summed E-state index contributed by atoms with van der Waals surface area (Å²) in [4.78, 5) is 40.5. The lowest BCUT2D eigenvalue weighted by molar-refractivity contribution is -0.148. The maximum Gasteiger partial charge on any atom is 0.334 e. The van der Waals surface area contributed by atoms with Crippen LogP contribution in [-0.4, -0.2) is 67.2 Å². The number of aliphatic hydroxyl groups is 2. The molecule has 1 atom stereocenters. The molecule has 0 aromatic rings. The lowest BCUT2D eigenvalue weighted by atomic mass is 10.1. The van der Waals surface area contributed by atoms with Crippen molar-refractivity contribution < 1.29 is 49.8 Å². The number of aliphatic carboxylic acids is 4. The van der Waals surface area contributed by atoms with Gasteiger partial charge in [-0.25, -0.2) is 4.79 Å². The summed E-state index contributed by atoms with van der Waals surface area (Å²) in [5, 5.41) is 49.3. The van der Waals surface area contributed by atoms with Gasteiger partial charge in [0.25, 0.3) is 0 Å². The molecule has 0 saturated carbocycles. The van der Waals surface area contributed by atoms with Gasteiger partial charge in [0.1, 0.15) is 0 Å². The molecule has 10 nitrogen and oxygen atoms in total. The first-order valence-corrected chi connectivity index (χ1v) is 27.6. The van der Waals surface area contributed by atoms with E-state index in [-0.39, 0.29) is 0 Å². The number of allylic oxidation sites excluding steroid dienone is 6. The Morgan fingerprint density at radius 1 is 0.313 bits per heavy atom. The monoisotopic (exact) mass is 953 g/mol. The zero-order valence-electron chi connectivity index (χ0n) is 43.8. The molecule has 0 amide bonds. The Morgan fingerprint density at radius 3 is 0.642 bits per heavy atom. The van der Waals surface area contributed by atoms with E-state index in [0.717, 1.165) is 38.5 Å². The van der Waals surface area contributed by atoms with Crippen LogP contribution in [0.1, 0.15) is 290 Å². The molecular weight excluding hydrogens is 845 g/mol. The number of aliphatic hydroxyl groups excluding tert-OH is 2. The fourth-order valence-electron chi connectivity index (χ4n) is 7.12. The predicted molar refractivity (Wildman–Crippen MR) is 282 cm³/mol. The Morgan fingerprint density at radius 2 is 0.493 bits per heavy atom. The summed E-state index contributed by atoms with van der Waals surface area (Å²) >= 11 is 0. The maximum atomic E-state index is 10.3. The second-order valence-electron chi connectivity index (χ2n) is 18.2. The summed E-state index contributed by atoms with van der Waals surface area (Å²) in [6.45, 7) is 6.05. The van der Waals surface area contributed by atoms with Gasteiger partial charge >= 0.3 is 23.9 Å². The third-order valence-corrected chi connectivity index (χ3v) is 11.4. The highest BCUT2D eigenvalue weighted by molar-refractivity contribution is 5.71. The van der Waals surface area contributed by atoms with Crippen LogP contribution in [-0.2, 0) is 19.2 Å². The molecule has 396 valence electrons. The topological polar surface area (TPSA) is 190 Å². The zero-order chi connectivity index (χ0) is 50.5. The van der Waals surface area contributed by atoms with Gasteiger partial charge in [-0.15, -0.1) is 0 Å². The third-order valence-electron chi connectivity index (χ3n) is 11.4. The Labute approximate surface area is 412 Å². The van der Waals surface area contributed by atoms with Crippen molar-refractivity contribution in [1.29, 1.82) is 0 Å². The fourth-order valence-corrected chi connectivity index (χ4v) is 7.12. The van der Waals surface area contributed by atoms with Crippen molar-refractivity contribution in [2.24, 2.45) is 0 Å². The SMILES string of the molecule is CCCCCCCC/C=C\CCCCCCCC(=O)O.CCCCCCCC/C=C\CCCCCCCC(=O)O.CCCCCCCC/C=C\CCCCCCCC(=O)O.O=C(O)C(O)CO. The quantitative estimate of drug-likeness (QED) is 0.0253. The molecular formula is C57H108O10. The van der Waals surface area contributed by atoms with Crippen LogP contribution in [0.2, 0.25) is 0 Å². The molecule has 67 heavy (non-hydrogen) atoms. The van der Waals surface area contributed by atoms with Gasteiger partial charge in [-0.3, -0.25) is 14.4 Å². The molecule has 10 heteroatoms. The number of carboxylic acid groups (broad SMARTS) is 4. The number of unbranched alkanes of at least 4 members (excludes halogenated alkanes) is 33. The third kappa shape index (κ3) is 80.4. The van der Waals surface area contributed by atoms with Crippen LogP contribution < -0.4 is 0 Å². The molecule has 1 unspecified atom stereocenters. The molecule has 0 bridgehead atoms. The highest BCUT2D eigenvalue weighted by atomic mass is 16.4. The molecule has 0 aromatic carbocycles. The minimum Gasteiger partial charge on any atom is -0.481 e. The van der Waals surface area contributed by atoms with E-state index in [1.54, 1.807) is 0 Å². The molecule has 0 rings (SSSR count). The average Bonchev–Trinajstić information content (AvgIpc) is 3.30. The first-order valence-electron chi connectivity index (χ1n) is 27.6. The summed E-state index contributed by atoms with van der Waals surface area (Å²) in [5.74, 6) is -3.39. The van der Waals surface area contributed by atoms with Crippen LogP contribution in [0.25, 0.3) is 0 Å². The van der Waals surface area contributed by atoms with Gasteiger partial charge in [0, 0.05) is 19.3 Å². The van der Waals surface area contributed by atoms with Crippen LogP contribution in [0.3, 0.4) is 0 Å². The lowest BCUT2D eigenvalue weighted by Crippen LogP contribution is -2.22. The second-order valence-corrected chi connectivity index (χ2v) is 18.2. The van der Waals surface area contributed by atoms with Crippen LogP contribution in [0.5, 0.6) is 0 Å². The van der Waals surface area contributed by atoms with Gasteiger partial charge < -0.3 is 30.6 Å². The van der Waals surface area contributed by atoms with Crippen LogP contribution in [0.4, 0.5) is 0 Å². The van der Waals surface area contributed by atoms with Crippen molar-refractivity contribution in [1.82, 2.24) is 0 Å². The largest absolute Gasteiger partial charge is 0.481 e. The van der Waals surface area contributed by atoms with Crippen molar-refractivity contribution in [3.8, 4) is 0 Å². The number of carboxylic acids is 4. The van der Waals surface area contributed by atoms with Crippen LogP contribution >= 0.6 is 0 Å². The molecule has 0 heterocycles. The standard InChI is InChI=1S/3C18H34O2.C3H6O4/c3*1-2-3-4-5-6-7-8-9-10-11-12-13-14-15-16-17-18(19)20;4-1-2(5)3(6)7/h3*9-10H,2-8,11-17H2,1H3,(H,19,20);2,4-5H,1H2,(H,6,7)/b3*10-9-;. The summed E-state index contributed by atoms with van der Waals surface area (Å²) in [6, 6.07) is 0. The van der Waals surface area contributed by atoms with Crippen molar-refractivity contribution >= 4 is 23.9 Å². The number of carbonyl (C=O) groups is 4. The summed E-state index contributed by atoms with van der Waals surface area (Å²) in [5.41, 5.74) is 0. The Balaban J connectivity index is -0.000000414. The van der Waals surface area contributed by atoms with E-state index >= 15 is 0 Å². The van der Waals surface area contributed by atoms with Crippen molar-refractivity contribution in [2.75, 3.05) is 6.61 Å². The first-order chi connectivity index (χ1) is 32.5. The lowest BCUT2D eigenvalue weighted by Gasteiger charge is -1.99. The second kappa shape index (κ2) is 65.1. The number of rotatable bonds is 47. The minimum absolute atomic E-state index is 0.332. The molecule has 0 radical (unpaired) electrons. The summed E-state index contributed by atoms with van der Waals surface area (Å²) in [6.07, 6.45) is 62.1. The maximum absolute atomic E-state index is 10.3. The fraction of sp³-hybridized carbons (Fsp3) is 0.825. The van der Waals surface area contributed by atoms with Gasteiger partial charge in [-0.2, -0.15) is 0 Å². The Bertz CT molecular complexity index is 983. The minimum atomic E-state index is -1.63. The molecule has 0 saturated heterocycles. The molecule has 0 aliphatic heterocycles. The van der Waals surface area contributed by atoms with Gasteiger partial charge in [0.05, 0.1) is 6.61 Å². The number of hydrogen-bond acceptors (Lipinski definition) is 6. The molecule has 0 spiro atoms. The summed E-state index contributed by atoms with van der Waals surface area (Å²) < 4.78 is 0. The van der Waals surface area contributed by atoms with Crippen LogP contribution in [0, 0.1) is 0 Å². The first kappa shape index (κ1) is 70.6. The van der Waals surface area contributed by atoms with E-state index < -0.39 is 36.6 Å². The molecule has 0 aliphatic carbocycles. The highest BCUT2D eigenvalue weighted by Gasteiger charge is 2.09.